The number of hydrogen-bond donors (Lipinski definition) is 1. The standard InChI is InChI=1S/C30H31ClF3N5O3S/c1-5-21-16-38(28(41)42-29(2,3)4)10-11-39(21)27-36-26(40)25(43-27)22(17-7-9-24-19(12-17)15-35-37-24)13-18-6-8-20(31)14-23(18)30(32,33)34/h6-9,12,14-15,21,40H,5,10-11,13,16H2,1-4H3. The lowest BCUT2D eigenvalue weighted by molar-refractivity contribution is -0.138. The number of carbonyl (C=O) groups is 1. The Kier molecular flexibility index (Phi) is 8.45. The molecule has 1 N–H and O–H groups in total. The summed E-state index contributed by atoms with van der Waals surface area (Å²) >= 11 is 7.15. The summed E-state index contributed by atoms with van der Waals surface area (Å²) in [5, 5.41) is 20.9. The molecule has 0 spiro atoms. The van der Waals surface area contributed by atoms with Gasteiger partial charge in [-0.1, -0.05) is 42.0 Å². The molecule has 1 unspecified atom stereocenters. The average molecular weight is 634 g/mol. The fourth-order valence-electron chi connectivity index (χ4n) is 5.13. The normalized spacial score (nSPS) is 17.5. The van der Waals surface area contributed by atoms with Crippen molar-refractivity contribution in [1.29, 1.82) is 0 Å². The average Bonchev–Trinajstić information content (AvgIpc) is 3.56. The third kappa shape index (κ3) is 6.80. The van der Waals surface area contributed by atoms with Gasteiger partial charge in [0, 0.05) is 42.7 Å². The van der Waals surface area contributed by atoms with E-state index in [9.17, 15) is 23.1 Å². The maximum absolute atomic E-state index is 14.1. The number of aromatic hydroxyl groups is 1. The second-order valence-corrected chi connectivity index (χ2v) is 12.8. The number of hydrogen-bond acceptors (Lipinski definition) is 8. The molecule has 3 aromatic rings. The molecule has 13 heteroatoms. The van der Waals surface area contributed by atoms with E-state index >= 15 is 0 Å². The van der Waals surface area contributed by atoms with E-state index in [1.165, 1.54) is 23.5 Å². The Hall–Kier alpha value is -3.64. The van der Waals surface area contributed by atoms with Gasteiger partial charge in [0.15, 0.2) is 5.13 Å². The molecule has 2 aromatic carbocycles. The molecular weight excluding hydrogens is 603 g/mol. The van der Waals surface area contributed by atoms with Gasteiger partial charge in [-0.3, -0.25) is 0 Å². The van der Waals surface area contributed by atoms with Crippen molar-refractivity contribution in [3.63, 3.8) is 0 Å². The minimum Gasteiger partial charge on any atom is -0.492 e. The van der Waals surface area contributed by atoms with Crippen LogP contribution >= 0.6 is 22.9 Å². The highest BCUT2D eigenvalue weighted by Gasteiger charge is 2.35. The van der Waals surface area contributed by atoms with Crippen LogP contribution in [-0.2, 0) is 17.3 Å². The molecule has 1 amide bonds. The number of alkyl halides is 3. The number of benzene rings is 2. The summed E-state index contributed by atoms with van der Waals surface area (Å²) in [6.45, 7) is 8.70. The minimum absolute atomic E-state index is 0.0116. The van der Waals surface area contributed by atoms with Gasteiger partial charge in [-0.2, -0.15) is 28.4 Å². The highest BCUT2D eigenvalue weighted by molar-refractivity contribution is 7.17. The number of aromatic nitrogens is 1. The van der Waals surface area contributed by atoms with Crippen LogP contribution in [0, 0.1) is 0 Å². The van der Waals surface area contributed by atoms with Gasteiger partial charge in [-0.25, -0.2) is 4.79 Å². The van der Waals surface area contributed by atoms with Crippen LogP contribution in [0.1, 0.15) is 55.7 Å². The summed E-state index contributed by atoms with van der Waals surface area (Å²) in [6.07, 6.45) is -2.89. The van der Waals surface area contributed by atoms with Crippen molar-refractivity contribution in [3.8, 4) is 5.88 Å². The molecule has 1 saturated heterocycles. The SMILES string of the molecule is CCC1CN(C(=O)OC(C)(C)C)CCN1c1nc(O)c(C(Cc2ccc(Cl)cc2C(F)(F)F)=c2ccc3c(c2)C=NN=3)s1. The smallest absolute Gasteiger partial charge is 0.416 e. The number of piperazine rings is 1. The summed E-state index contributed by atoms with van der Waals surface area (Å²) < 4.78 is 47.7. The predicted octanol–water partition coefficient (Wildman–Crippen LogP) is 5.77. The second kappa shape index (κ2) is 11.8. The van der Waals surface area contributed by atoms with Crippen molar-refractivity contribution in [2.75, 3.05) is 24.5 Å². The van der Waals surface area contributed by atoms with Gasteiger partial charge in [-0.05, 0) is 67.8 Å². The van der Waals surface area contributed by atoms with Crippen LogP contribution in [0.25, 0.3) is 5.57 Å². The summed E-state index contributed by atoms with van der Waals surface area (Å²) in [4.78, 5) is 21.2. The number of anilines is 1. The van der Waals surface area contributed by atoms with Crippen LogP contribution in [0.3, 0.4) is 0 Å². The highest BCUT2D eigenvalue weighted by atomic mass is 35.5. The van der Waals surface area contributed by atoms with Gasteiger partial charge < -0.3 is 19.6 Å². The van der Waals surface area contributed by atoms with Crippen LogP contribution in [0.2, 0.25) is 5.02 Å². The molecule has 0 bridgehead atoms. The number of nitrogens with zero attached hydrogens (tertiary/aromatic N) is 5. The highest BCUT2D eigenvalue weighted by Crippen LogP contribution is 2.40. The third-order valence-corrected chi connectivity index (χ3v) is 8.58. The zero-order valence-electron chi connectivity index (χ0n) is 24.1. The van der Waals surface area contributed by atoms with E-state index in [2.05, 4.69) is 15.2 Å². The molecule has 2 aliphatic rings. The summed E-state index contributed by atoms with van der Waals surface area (Å²) in [6, 6.07) is 8.88. The van der Waals surface area contributed by atoms with E-state index in [1.807, 2.05) is 32.6 Å². The quantitative estimate of drug-likeness (QED) is 0.386. The first-order valence-electron chi connectivity index (χ1n) is 13.8. The number of thiazole rings is 1. The van der Waals surface area contributed by atoms with Crippen molar-refractivity contribution in [1.82, 2.24) is 9.88 Å². The fourth-order valence-corrected chi connectivity index (χ4v) is 6.42. The third-order valence-electron chi connectivity index (χ3n) is 7.21. The molecule has 0 aliphatic carbocycles. The first-order valence-corrected chi connectivity index (χ1v) is 15.0. The van der Waals surface area contributed by atoms with Crippen molar-refractivity contribution < 1.29 is 27.8 Å². The Morgan fingerprint density at radius 1 is 1.16 bits per heavy atom. The maximum atomic E-state index is 14.1. The van der Waals surface area contributed by atoms with Gasteiger partial charge in [0.05, 0.1) is 22.0 Å². The number of amides is 1. The molecule has 3 heterocycles. The Bertz CT molecular complexity index is 1700. The number of fused-ring (bicyclic) bond motifs is 1. The second-order valence-electron chi connectivity index (χ2n) is 11.4. The zero-order chi connectivity index (χ0) is 31.1. The molecule has 1 fully saturated rings. The molecule has 0 saturated carbocycles. The lowest BCUT2D eigenvalue weighted by Crippen LogP contribution is -2.55. The van der Waals surface area contributed by atoms with Crippen molar-refractivity contribution >= 4 is 46.0 Å². The molecule has 0 radical (unpaired) electrons. The summed E-state index contributed by atoms with van der Waals surface area (Å²) in [7, 11) is 0. The lowest BCUT2D eigenvalue weighted by atomic mass is 9.96. The van der Waals surface area contributed by atoms with E-state index in [0.717, 1.165) is 11.6 Å². The largest absolute Gasteiger partial charge is 0.492 e. The molecule has 43 heavy (non-hydrogen) atoms. The minimum atomic E-state index is -4.63. The van der Waals surface area contributed by atoms with Gasteiger partial charge in [0.25, 0.3) is 0 Å². The first-order chi connectivity index (χ1) is 20.2. The molecule has 1 aromatic heterocycles. The first kappa shape index (κ1) is 30.8. The lowest BCUT2D eigenvalue weighted by Gasteiger charge is -2.41. The number of halogens is 4. The Morgan fingerprint density at radius 2 is 1.93 bits per heavy atom. The summed E-state index contributed by atoms with van der Waals surface area (Å²) in [5.74, 6) is -0.277. The van der Waals surface area contributed by atoms with Crippen molar-refractivity contribution in [3.05, 3.63) is 73.6 Å². The van der Waals surface area contributed by atoms with Crippen LogP contribution in [-0.4, -0.2) is 58.6 Å². The molecule has 1 atom stereocenters. The monoisotopic (exact) mass is 633 g/mol. The van der Waals surface area contributed by atoms with Crippen LogP contribution in [0.5, 0.6) is 5.88 Å². The molecular formula is C30H31ClF3N5O3S. The molecule has 5 rings (SSSR count). The summed E-state index contributed by atoms with van der Waals surface area (Å²) in [5.41, 5.74) is -0.263. The van der Waals surface area contributed by atoms with Crippen molar-refractivity contribution in [2.45, 2.75) is 58.4 Å². The van der Waals surface area contributed by atoms with Crippen LogP contribution < -0.4 is 15.5 Å². The molecule has 2 aliphatic heterocycles. The van der Waals surface area contributed by atoms with Crippen LogP contribution in [0.15, 0.2) is 46.6 Å². The predicted molar refractivity (Wildman–Crippen MR) is 160 cm³/mol. The van der Waals surface area contributed by atoms with Gasteiger partial charge in [0.1, 0.15) is 5.60 Å². The van der Waals surface area contributed by atoms with Crippen LogP contribution in [0.4, 0.5) is 23.1 Å². The van der Waals surface area contributed by atoms with E-state index < -0.39 is 17.3 Å². The molecule has 8 nitrogen and oxygen atoms in total. The number of ether oxygens (including phenoxy) is 1. The zero-order valence-corrected chi connectivity index (χ0v) is 25.6. The van der Waals surface area contributed by atoms with E-state index in [1.54, 1.807) is 29.3 Å². The maximum Gasteiger partial charge on any atom is 0.416 e. The number of carbonyl (C=O) groups excluding carboxylic acids is 1. The Labute approximate surface area is 255 Å². The Balaban J connectivity index is 1.55. The van der Waals surface area contributed by atoms with Gasteiger partial charge in [0.2, 0.25) is 5.88 Å². The Morgan fingerprint density at radius 3 is 2.63 bits per heavy atom. The fraction of sp³-hybridized carbons (Fsp3) is 0.400. The number of rotatable bonds is 5. The topological polar surface area (TPSA) is 90.6 Å². The van der Waals surface area contributed by atoms with E-state index in [0.29, 0.717) is 52.2 Å². The van der Waals surface area contributed by atoms with E-state index in [4.69, 9.17) is 16.3 Å². The van der Waals surface area contributed by atoms with Crippen molar-refractivity contribution in [2.24, 2.45) is 10.2 Å². The van der Waals surface area contributed by atoms with E-state index in [-0.39, 0.29) is 35.0 Å². The molecule has 228 valence electrons. The van der Waals surface area contributed by atoms with Gasteiger partial charge >= 0.3 is 12.3 Å². The van der Waals surface area contributed by atoms with Gasteiger partial charge in [-0.15, -0.1) is 0 Å².